The van der Waals surface area contributed by atoms with E-state index in [-0.39, 0.29) is 5.91 Å². The van der Waals surface area contributed by atoms with Gasteiger partial charge in [0.25, 0.3) is 0 Å². The Bertz CT molecular complexity index is 434. The van der Waals surface area contributed by atoms with Gasteiger partial charge in [-0.05, 0) is 30.4 Å². The maximum absolute atomic E-state index is 12.3. The van der Waals surface area contributed by atoms with Gasteiger partial charge in [-0.2, -0.15) is 0 Å². The number of anilines is 1. The molecule has 2 rings (SSSR count). The van der Waals surface area contributed by atoms with Gasteiger partial charge in [-0.15, -0.1) is 0 Å². The molecule has 1 fully saturated rings. The van der Waals surface area contributed by atoms with E-state index >= 15 is 0 Å². The molecule has 3 nitrogen and oxygen atoms in total. The van der Waals surface area contributed by atoms with Crippen LogP contribution in [0.2, 0.25) is 0 Å². The maximum Gasteiger partial charge on any atom is 0.244 e. The Hall–Kier alpha value is -1.35. The molecule has 98 valence electrons. The third-order valence-corrected chi connectivity index (χ3v) is 3.78. The van der Waals surface area contributed by atoms with Crippen LogP contribution in [0.3, 0.4) is 0 Å². The summed E-state index contributed by atoms with van der Waals surface area (Å²) in [5.74, 6) is 0.354. The molecule has 1 aliphatic carbocycles. The number of amides is 1. The minimum Gasteiger partial charge on any atom is -0.324 e. The van der Waals surface area contributed by atoms with Crippen LogP contribution >= 0.6 is 0 Å². The van der Waals surface area contributed by atoms with Crippen LogP contribution in [0.5, 0.6) is 0 Å². The van der Waals surface area contributed by atoms with Crippen molar-refractivity contribution in [3.05, 3.63) is 29.8 Å². The molecule has 1 saturated carbocycles. The molecule has 1 amide bonds. The number of nitrogens with two attached hydrogens (primary N) is 1. The Morgan fingerprint density at radius 1 is 1.28 bits per heavy atom. The van der Waals surface area contributed by atoms with Gasteiger partial charge < -0.3 is 11.1 Å². The summed E-state index contributed by atoms with van der Waals surface area (Å²) in [6.07, 6.45) is 3.69. The van der Waals surface area contributed by atoms with Gasteiger partial charge in [0.05, 0.1) is 5.54 Å². The molecule has 0 bridgehead atoms. The SMILES string of the molecule is CC(C)c1ccccc1NC(=O)C1(N)CCCC1. The first-order valence-electron chi connectivity index (χ1n) is 6.72. The first-order chi connectivity index (χ1) is 8.53. The van der Waals surface area contributed by atoms with Crippen LogP contribution in [0.4, 0.5) is 5.69 Å². The minimum atomic E-state index is -0.663. The summed E-state index contributed by atoms with van der Waals surface area (Å²) in [4.78, 5) is 12.3. The van der Waals surface area contributed by atoms with E-state index in [2.05, 4.69) is 25.2 Å². The zero-order valence-corrected chi connectivity index (χ0v) is 11.2. The van der Waals surface area contributed by atoms with Crippen LogP contribution in [-0.2, 0) is 4.79 Å². The second-order valence-corrected chi connectivity index (χ2v) is 5.56. The first-order valence-corrected chi connectivity index (χ1v) is 6.72. The molecular formula is C15H22N2O. The Labute approximate surface area is 109 Å². The number of hydrogen-bond donors (Lipinski definition) is 2. The molecule has 0 aliphatic heterocycles. The van der Waals surface area contributed by atoms with Crippen molar-refractivity contribution < 1.29 is 4.79 Å². The summed E-state index contributed by atoms with van der Waals surface area (Å²) in [5.41, 5.74) is 7.56. The van der Waals surface area contributed by atoms with Gasteiger partial charge in [-0.25, -0.2) is 0 Å². The van der Waals surface area contributed by atoms with Crippen molar-refractivity contribution in [2.45, 2.75) is 51.0 Å². The predicted molar refractivity (Wildman–Crippen MR) is 74.5 cm³/mol. The normalized spacial score (nSPS) is 18.0. The third kappa shape index (κ3) is 2.56. The van der Waals surface area contributed by atoms with Crippen molar-refractivity contribution in [3.63, 3.8) is 0 Å². The topological polar surface area (TPSA) is 55.1 Å². The molecule has 0 heterocycles. The summed E-state index contributed by atoms with van der Waals surface area (Å²) < 4.78 is 0. The molecule has 3 N–H and O–H groups in total. The van der Waals surface area contributed by atoms with Gasteiger partial charge in [-0.1, -0.05) is 44.9 Å². The van der Waals surface area contributed by atoms with Gasteiger partial charge >= 0.3 is 0 Å². The van der Waals surface area contributed by atoms with Crippen molar-refractivity contribution in [1.82, 2.24) is 0 Å². The summed E-state index contributed by atoms with van der Waals surface area (Å²) in [7, 11) is 0. The van der Waals surface area contributed by atoms with E-state index in [4.69, 9.17) is 5.73 Å². The Morgan fingerprint density at radius 2 is 1.89 bits per heavy atom. The average Bonchev–Trinajstić information content (AvgIpc) is 2.78. The molecule has 1 aromatic rings. The second-order valence-electron chi connectivity index (χ2n) is 5.56. The van der Waals surface area contributed by atoms with Crippen molar-refractivity contribution in [3.8, 4) is 0 Å². The second kappa shape index (κ2) is 5.11. The third-order valence-electron chi connectivity index (χ3n) is 3.78. The van der Waals surface area contributed by atoms with E-state index < -0.39 is 5.54 Å². The number of rotatable bonds is 3. The van der Waals surface area contributed by atoms with Gasteiger partial charge in [0.1, 0.15) is 0 Å². The average molecular weight is 246 g/mol. The molecular weight excluding hydrogens is 224 g/mol. The molecule has 0 radical (unpaired) electrons. The fourth-order valence-electron chi connectivity index (χ4n) is 2.59. The highest BCUT2D eigenvalue weighted by Crippen LogP contribution is 2.30. The van der Waals surface area contributed by atoms with Crippen molar-refractivity contribution in [2.75, 3.05) is 5.32 Å². The van der Waals surface area contributed by atoms with E-state index in [1.165, 1.54) is 0 Å². The zero-order chi connectivity index (χ0) is 13.2. The standard InChI is InChI=1S/C15H22N2O/c1-11(2)12-7-3-4-8-13(12)17-14(18)15(16)9-5-6-10-15/h3-4,7-8,11H,5-6,9-10,16H2,1-2H3,(H,17,18). The summed E-state index contributed by atoms with van der Waals surface area (Å²) in [6.45, 7) is 4.25. The van der Waals surface area contributed by atoms with E-state index in [0.717, 1.165) is 36.9 Å². The van der Waals surface area contributed by atoms with Crippen LogP contribution in [0.25, 0.3) is 0 Å². The molecule has 18 heavy (non-hydrogen) atoms. The fraction of sp³-hybridized carbons (Fsp3) is 0.533. The summed E-state index contributed by atoms with van der Waals surface area (Å²) in [5, 5.41) is 3.01. The largest absolute Gasteiger partial charge is 0.324 e. The number of carbonyl (C=O) groups excluding carboxylic acids is 1. The highest BCUT2D eigenvalue weighted by molar-refractivity contribution is 5.98. The first kappa shape index (κ1) is 13.1. The van der Waals surface area contributed by atoms with Crippen molar-refractivity contribution >= 4 is 11.6 Å². The fourth-order valence-corrected chi connectivity index (χ4v) is 2.59. The van der Waals surface area contributed by atoms with Crippen molar-refractivity contribution in [1.29, 1.82) is 0 Å². The highest BCUT2D eigenvalue weighted by Gasteiger charge is 2.37. The smallest absolute Gasteiger partial charge is 0.244 e. The quantitative estimate of drug-likeness (QED) is 0.861. The summed E-state index contributed by atoms with van der Waals surface area (Å²) >= 11 is 0. The van der Waals surface area contributed by atoms with Gasteiger partial charge in [-0.3, -0.25) is 4.79 Å². The Morgan fingerprint density at radius 3 is 2.50 bits per heavy atom. The molecule has 1 aromatic carbocycles. The minimum absolute atomic E-state index is 0.0342. The van der Waals surface area contributed by atoms with E-state index in [0.29, 0.717) is 5.92 Å². The molecule has 3 heteroatoms. The van der Waals surface area contributed by atoms with Crippen molar-refractivity contribution in [2.24, 2.45) is 5.73 Å². The lowest BCUT2D eigenvalue weighted by Gasteiger charge is -2.23. The van der Waals surface area contributed by atoms with Crippen LogP contribution in [0, 0.1) is 0 Å². The lowest BCUT2D eigenvalue weighted by atomic mass is 9.96. The zero-order valence-electron chi connectivity index (χ0n) is 11.2. The number of para-hydroxylation sites is 1. The van der Waals surface area contributed by atoms with Crippen LogP contribution < -0.4 is 11.1 Å². The maximum atomic E-state index is 12.3. The molecule has 1 aliphatic rings. The molecule has 0 aromatic heterocycles. The van der Waals surface area contributed by atoms with Gasteiger partial charge in [0, 0.05) is 5.69 Å². The Balaban J connectivity index is 2.16. The molecule has 0 saturated heterocycles. The monoisotopic (exact) mass is 246 g/mol. The number of carbonyl (C=O) groups is 1. The Kier molecular flexibility index (Phi) is 3.71. The van der Waals surface area contributed by atoms with Gasteiger partial charge in [0.15, 0.2) is 0 Å². The molecule has 0 unspecified atom stereocenters. The number of nitrogens with one attached hydrogen (secondary N) is 1. The summed E-state index contributed by atoms with van der Waals surface area (Å²) in [6, 6.07) is 7.95. The van der Waals surface area contributed by atoms with E-state index in [1.807, 2.05) is 18.2 Å². The number of benzene rings is 1. The van der Waals surface area contributed by atoms with Crippen LogP contribution in [0.1, 0.15) is 51.0 Å². The van der Waals surface area contributed by atoms with E-state index in [9.17, 15) is 4.79 Å². The molecule has 0 atom stereocenters. The van der Waals surface area contributed by atoms with Gasteiger partial charge in [0.2, 0.25) is 5.91 Å². The van der Waals surface area contributed by atoms with Crippen LogP contribution in [0.15, 0.2) is 24.3 Å². The molecule has 0 spiro atoms. The highest BCUT2D eigenvalue weighted by atomic mass is 16.2. The lowest BCUT2D eigenvalue weighted by molar-refractivity contribution is -0.121. The lowest BCUT2D eigenvalue weighted by Crippen LogP contribution is -2.48. The van der Waals surface area contributed by atoms with E-state index in [1.54, 1.807) is 0 Å². The van der Waals surface area contributed by atoms with Crippen LogP contribution in [-0.4, -0.2) is 11.4 Å². The predicted octanol–water partition coefficient (Wildman–Crippen LogP) is 3.02. The number of hydrogen-bond acceptors (Lipinski definition) is 2.